The Morgan fingerprint density at radius 1 is 1.15 bits per heavy atom. The summed E-state index contributed by atoms with van der Waals surface area (Å²) in [5, 5.41) is 3.43. The van der Waals surface area contributed by atoms with Crippen molar-refractivity contribution in [2.24, 2.45) is 5.92 Å². The fourth-order valence-corrected chi connectivity index (χ4v) is 3.15. The summed E-state index contributed by atoms with van der Waals surface area (Å²) in [7, 11) is 0. The van der Waals surface area contributed by atoms with Crippen LogP contribution in [0.5, 0.6) is 0 Å². The lowest BCUT2D eigenvalue weighted by Gasteiger charge is -2.28. The molecule has 6 heteroatoms. The molecule has 1 saturated heterocycles. The monoisotopic (exact) mass is 351 g/mol. The third-order valence-corrected chi connectivity index (χ3v) is 4.59. The maximum absolute atomic E-state index is 5.43. The van der Waals surface area contributed by atoms with Gasteiger partial charge in [0.15, 0.2) is 11.5 Å². The number of anilines is 2. The lowest BCUT2D eigenvalue weighted by atomic mass is 10.1. The zero-order valence-electron chi connectivity index (χ0n) is 15.4. The Labute approximate surface area is 153 Å². The van der Waals surface area contributed by atoms with Crippen LogP contribution in [-0.2, 0) is 4.74 Å². The van der Waals surface area contributed by atoms with Gasteiger partial charge in [0.05, 0.1) is 18.9 Å². The Balaban J connectivity index is 1.63. The molecule has 4 rings (SSSR count). The van der Waals surface area contributed by atoms with Gasteiger partial charge in [0, 0.05) is 49.5 Å². The molecule has 0 saturated carbocycles. The molecule has 3 aromatic rings. The maximum Gasteiger partial charge on any atom is 0.180 e. The smallest absolute Gasteiger partial charge is 0.180 e. The van der Waals surface area contributed by atoms with Crippen LogP contribution in [0, 0.1) is 5.92 Å². The predicted octanol–water partition coefficient (Wildman–Crippen LogP) is 3.30. The Morgan fingerprint density at radius 3 is 2.65 bits per heavy atom. The molecule has 1 N–H and O–H groups in total. The van der Waals surface area contributed by atoms with Gasteiger partial charge in [-0.3, -0.25) is 0 Å². The number of imidazole rings is 1. The molecule has 26 heavy (non-hydrogen) atoms. The first kappa shape index (κ1) is 16.8. The first-order valence-corrected chi connectivity index (χ1v) is 9.21. The number of nitrogens with zero attached hydrogens (tertiary/aromatic N) is 4. The number of fused-ring (bicyclic) bond motifs is 1. The minimum atomic E-state index is 0.545. The number of morpholine rings is 1. The molecular formula is C20H25N5O. The van der Waals surface area contributed by atoms with Gasteiger partial charge in [0.25, 0.3) is 0 Å². The highest BCUT2D eigenvalue weighted by molar-refractivity contribution is 5.70. The van der Waals surface area contributed by atoms with Crippen LogP contribution in [0.15, 0.2) is 42.9 Å². The molecule has 136 valence electrons. The topological polar surface area (TPSA) is 54.7 Å². The quantitative estimate of drug-likeness (QED) is 0.764. The van der Waals surface area contributed by atoms with E-state index >= 15 is 0 Å². The van der Waals surface area contributed by atoms with E-state index in [-0.39, 0.29) is 0 Å². The predicted molar refractivity (Wildman–Crippen MR) is 105 cm³/mol. The van der Waals surface area contributed by atoms with Gasteiger partial charge in [-0.05, 0) is 18.1 Å². The molecule has 2 aromatic heterocycles. The highest BCUT2D eigenvalue weighted by atomic mass is 16.5. The largest absolute Gasteiger partial charge is 0.378 e. The van der Waals surface area contributed by atoms with Crippen LogP contribution in [0.1, 0.15) is 13.8 Å². The van der Waals surface area contributed by atoms with Crippen LogP contribution in [-0.4, -0.2) is 47.2 Å². The lowest BCUT2D eigenvalue weighted by molar-refractivity contribution is 0.122. The molecule has 1 aliphatic heterocycles. The van der Waals surface area contributed by atoms with Crippen LogP contribution >= 0.6 is 0 Å². The average molecular weight is 351 g/mol. The zero-order chi connectivity index (χ0) is 17.9. The van der Waals surface area contributed by atoms with Gasteiger partial charge in [-0.2, -0.15) is 0 Å². The minimum Gasteiger partial charge on any atom is -0.378 e. The van der Waals surface area contributed by atoms with Crippen LogP contribution in [0.4, 0.5) is 11.5 Å². The molecule has 0 bridgehead atoms. The van der Waals surface area contributed by atoms with Gasteiger partial charge in [-0.15, -0.1) is 0 Å². The summed E-state index contributed by atoms with van der Waals surface area (Å²) in [5.74, 6) is 1.38. The number of nitrogens with one attached hydrogen (secondary N) is 1. The van der Waals surface area contributed by atoms with Crippen molar-refractivity contribution in [2.45, 2.75) is 13.8 Å². The second-order valence-electron chi connectivity index (χ2n) is 7.05. The normalized spacial score (nSPS) is 15.0. The van der Waals surface area contributed by atoms with Gasteiger partial charge < -0.3 is 19.4 Å². The SMILES string of the molecule is CC(C)CNc1nc(-c2ccc(N3CCOCC3)cc2)cn2ccnc12. The van der Waals surface area contributed by atoms with Crippen LogP contribution in [0.25, 0.3) is 16.9 Å². The summed E-state index contributed by atoms with van der Waals surface area (Å²) < 4.78 is 7.46. The van der Waals surface area contributed by atoms with E-state index in [2.05, 4.69) is 53.3 Å². The second-order valence-corrected chi connectivity index (χ2v) is 7.05. The molecule has 0 unspecified atom stereocenters. The first-order valence-electron chi connectivity index (χ1n) is 9.21. The summed E-state index contributed by atoms with van der Waals surface area (Å²) >= 11 is 0. The van der Waals surface area contributed by atoms with Crippen molar-refractivity contribution in [1.29, 1.82) is 0 Å². The Morgan fingerprint density at radius 2 is 1.92 bits per heavy atom. The van der Waals surface area contributed by atoms with Crippen molar-refractivity contribution in [3.63, 3.8) is 0 Å². The standard InChI is InChI=1S/C20H25N5O/c1-15(2)13-22-19-20-21-7-8-25(20)14-18(23-19)16-3-5-17(6-4-16)24-9-11-26-12-10-24/h3-8,14-15H,9-13H2,1-2H3,(H,22,23). The van der Waals surface area contributed by atoms with Crippen molar-refractivity contribution in [1.82, 2.24) is 14.4 Å². The van der Waals surface area contributed by atoms with E-state index in [0.29, 0.717) is 5.92 Å². The maximum atomic E-state index is 5.43. The zero-order valence-corrected chi connectivity index (χ0v) is 15.4. The van der Waals surface area contributed by atoms with E-state index in [0.717, 1.165) is 55.6 Å². The molecular weight excluding hydrogens is 326 g/mol. The summed E-state index contributed by atoms with van der Waals surface area (Å²) in [5.41, 5.74) is 4.14. The Hall–Kier alpha value is -2.60. The van der Waals surface area contributed by atoms with Crippen LogP contribution in [0.2, 0.25) is 0 Å². The molecule has 1 aromatic carbocycles. The van der Waals surface area contributed by atoms with Gasteiger partial charge in [-0.1, -0.05) is 26.0 Å². The van der Waals surface area contributed by atoms with Crippen molar-refractivity contribution in [2.75, 3.05) is 43.1 Å². The molecule has 0 radical (unpaired) electrons. The van der Waals surface area contributed by atoms with Gasteiger partial charge in [0.2, 0.25) is 0 Å². The molecule has 1 aliphatic rings. The molecule has 0 spiro atoms. The number of ether oxygens (including phenoxy) is 1. The molecule has 0 aliphatic carbocycles. The number of hydrogen-bond acceptors (Lipinski definition) is 5. The number of hydrogen-bond donors (Lipinski definition) is 1. The number of rotatable bonds is 5. The molecule has 3 heterocycles. The van der Waals surface area contributed by atoms with Crippen molar-refractivity contribution in [3.8, 4) is 11.3 Å². The molecule has 6 nitrogen and oxygen atoms in total. The second kappa shape index (κ2) is 7.33. The highest BCUT2D eigenvalue weighted by Gasteiger charge is 2.13. The summed E-state index contributed by atoms with van der Waals surface area (Å²) in [4.78, 5) is 11.6. The van der Waals surface area contributed by atoms with E-state index < -0.39 is 0 Å². The Kier molecular flexibility index (Phi) is 4.75. The minimum absolute atomic E-state index is 0.545. The van der Waals surface area contributed by atoms with Crippen molar-refractivity contribution in [3.05, 3.63) is 42.9 Å². The third-order valence-electron chi connectivity index (χ3n) is 4.59. The van der Waals surface area contributed by atoms with Gasteiger partial charge >= 0.3 is 0 Å². The van der Waals surface area contributed by atoms with Crippen LogP contribution < -0.4 is 10.2 Å². The van der Waals surface area contributed by atoms with Crippen LogP contribution in [0.3, 0.4) is 0 Å². The summed E-state index contributed by atoms with van der Waals surface area (Å²) in [6, 6.07) is 8.62. The van der Waals surface area contributed by atoms with Crippen molar-refractivity contribution >= 4 is 17.2 Å². The third kappa shape index (κ3) is 3.51. The molecule has 0 amide bonds. The fraction of sp³-hybridized carbons (Fsp3) is 0.400. The van der Waals surface area contributed by atoms with E-state index in [4.69, 9.17) is 9.72 Å². The number of aromatic nitrogens is 3. The van der Waals surface area contributed by atoms with E-state index in [1.807, 2.05) is 23.0 Å². The van der Waals surface area contributed by atoms with E-state index in [1.165, 1.54) is 5.69 Å². The number of benzene rings is 1. The summed E-state index contributed by atoms with van der Waals surface area (Å²) in [6.45, 7) is 8.73. The fourth-order valence-electron chi connectivity index (χ4n) is 3.15. The summed E-state index contributed by atoms with van der Waals surface area (Å²) in [6.07, 6.45) is 5.80. The van der Waals surface area contributed by atoms with E-state index in [9.17, 15) is 0 Å². The van der Waals surface area contributed by atoms with Gasteiger partial charge in [0.1, 0.15) is 0 Å². The highest BCUT2D eigenvalue weighted by Crippen LogP contribution is 2.25. The molecule has 0 atom stereocenters. The van der Waals surface area contributed by atoms with E-state index in [1.54, 1.807) is 0 Å². The first-order chi connectivity index (χ1) is 12.7. The Bertz CT molecular complexity index is 866. The average Bonchev–Trinajstić information content (AvgIpc) is 3.15. The lowest BCUT2D eigenvalue weighted by Crippen LogP contribution is -2.36. The van der Waals surface area contributed by atoms with Crippen molar-refractivity contribution < 1.29 is 4.74 Å². The molecule has 1 fully saturated rings. The van der Waals surface area contributed by atoms with Gasteiger partial charge in [-0.25, -0.2) is 9.97 Å².